The largest absolute Gasteiger partial charge is 0.416 e. The van der Waals surface area contributed by atoms with Gasteiger partial charge in [-0.15, -0.1) is 0 Å². The summed E-state index contributed by atoms with van der Waals surface area (Å²) in [5, 5.41) is 2.80. The number of benzene rings is 1. The van der Waals surface area contributed by atoms with E-state index in [1.807, 2.05) is 6.07 Å². The Kier molecular flexibility index (Phi) is 4.91. The molecule has 0 radical (unpaired) electrons. The van der Waals surface area contributed by atoms with E-state index >= 15 is 0 Å². The third kappa shape index (κ3) is 3.72. The third-order valence-corrected chi connectivity index (χ3v) is 5.70. The van der Waals surface area contributed by atoms with Gasteiger partial charge in [-0.2, -0.15) is 13.2 Å². The van der Waals surface area contributed by atoms with Crippen LogP contribution in [0.25, 0.3) is 11.3 Å². The molecule has 3 aromatic rings. The van der Waals surface area contributed by atoms with Gasteiger partial charge < -0.3 is 10.2 Å². The zero-order valence-corrected chi connectivity index (χ0v) is 16.9. The molecule has 2 amide bonds. The summed E-state index contributed by atoms with van der Waals surface area (Å²) in [4.78, 5) is 29.5. The van der Waals surface area contributed by atoms with Crippen molar-refractivity contribution < 1.29 is 18.0 Å². The fourth-order valence-electron chi connectivity index (χ4n) is 4.25. The van der Waals surface area contributed by atoms with Gasteiger partial charge in [0.15, 0.2) is 5.82 Å². The average molecular weight is 440 g/mol. The number of hydrogen-bond donors (Lipinski definition) is 1. The second-order valence-electron chi connectivity index (χ2n) is 7.79. The minimum Gasteiger partial charge on any atom is -0.366 e. The maximum Gasteiger partial charge on any atom is 0.416 e. The lowest BCUT2D eigenvalue weighted by Gasteiger charge is -2.45. The first-order valence-electron chi connectivity index (χ1n) is 10.2. The second-order valence-corrected chi connectivity index (χ2v) is 7.79. The molecule has 4 heterocycles. The molecule has 2 aliphatic heterocycles. The van der Waals surface area contributed by atoms with Crippen molar-refractivity contribution in [3.8, 4) is 11.3 Å². The van der Waals surface area contributed by atoms with Gasteiger partial charge >= 0.3 is 12.2 Å². The van der Waals surface area contributed by atoms with Crippen LogP contribution in [0.2, 0.25) is 0 Å². The maximum atomic E-state index is 13.2. The predicted molar refractivity (Wildman–Crippen MR) is 113 cm³/mol. The van der Waals surface area contributed by atoms with Crippen LogP contribution in [-0.4, -0.2) is 40.1 Å². The van der Waals surface area contributed by atoms with Crippen LogP contribution in [0.5, 0.6) is 0 Å². The minimum absolute atomic E-state index is 0.0925. The number of amides is 2. The van der Waals surface area contributed by atoms with Crippen LogP contribution in [0.4, 0.5) is 35.2 Å². The van der Waals surface area contributed by atoms with Crippen LogP contribution in [-0.2, 0) is 6.18 Å². The number of pyridine rings is 1. The fraction of sp³-hybridized carbons (Fsp3) is 0.273. The summed E-state index contributed by atoms with van der Waals surface area (Å²) in [6.45, 7) is 1.52. The first-order chi connectivity index (χ1) is 15.4. The Bertz CT molecular complexity index is 1150. The number of piperidine rings is 1. The summed E-state index contributed by atoms with van der Waals surface area (Å²) in [6, 6.07) is 8.10. The van der Waals surface area contributed by atoms with Crippen LogP contribution >= 0.6 is 0 Å². The molecule has 2 bridgehead atoms. The average Bonchev–Trinajstić information content (AvgIpc) is 2.79. The number of urea groups is 1. The topological polar surface area (TPSA) is 74.2 Å². The van der Waals surface area contributed by atoms with E-state index in [1.165, 1.54) is 24.8 Å². The van der Waals surface area contributed by atoms with Crippen LogP contribution in [0.1, 0.15) is 18.4 Å². The van der Waals surface area contributed by atoms with Crippen molar-refractivity contribution in [1.29, 1.82) is 0 Å². The predicted octanol–water partition coefficient (Wildman–Crippen LogP) is 4.58. The highest BCUT2D eigenvalue weighted by Crippen LogP contribution is 2.40. The fourth-order valence-corrected chi connectivity index (χ4v) is 4.25. The first-order valence-corrected chi connectivity index (χ1v) is 10.2. The molecule has 1 aromatic carbocycles. The van der Waals surface area contributed by atoms with E-state index in [-0.39, 0.29) is 12.1 Å². The highest BCUT2D eigenvalue weighted by molar-refractivity contribution is 6.04. The summed E-state index contributed by atoms with van der Waals surface area (Å²) in [5.74, 6) is 0.435. The summed E-state index contributed by atoms with van der Waals surface area (Å²) in [7, 11) is 0. The lowest BCUT2D eigenvalue weighted by atomic mass is 9.99. The number of carbonyl (C=O) groups is 1. The van der Waals surface area contributed by atoms with E-state index in [9.17, 15) is 18.0 Å². The highest BCUT2D eigenvalue weighted by atomic mass is 19.4. The van der Waals surface area contributed by atoms with Crippen LogP contribution < -0.4 is 15.1 Å². The van der Waals surface area contributed by atoms with E-state index in [2.05, 4.69) is 25.2 Å². The number of halogens is 3. The molecular weight excluding hydrogens is 421 g/mol. The van der Waals surface area contributed by atoms with Crippen LogP contribution in [0.3, 0.4) is 0 Å². The summed E-state index contributed by atoms with van der Waals surface area (Å²) in [6.07, 6.45) is 1.65. The molecule has 5 rings (SSSR count). The number of hydrogen-bond acceptors (Lipinski definition) is 5. The van der Waals surface area contributed by atoms with Gasteiger partial charge in [-0.25, -0.2) is 19.7 Å². The van der Waals surface area contributed by atoms with Crippen molar-refractivity contribution in [3.63, 3.8) is 0 Å². The number of nitrogens with zero attached hydrogens (tertiary/aromatic N) is 5. The zero-order chi connectivity index (χ0) is 22.3. The molecule has 1 saturated heterocycles. The van der Waals surface area contributed by atoms with Gasteiger partial charge in [-0.3, -0.25) is 4.90 Å². The van der Waals surface area contributed by atoms with Crippen LogP contribution in [0, 0.1) is 0 Å². The monoisotopic (exact) mass is 440 g/mol. The Balaban J connectivity index is 1.55. The Morgan fingerprint density at radius 3 is 2.72 bits per heavy atom. The Morgan fingerprint density at radius 2 is 1.94 bits per heavy atom. The third-order valence-electron chi connectivity index (χ3n) is 5.70. The molecule has 7 nitrogen and oxygen atoms in total. The molecule has 0 spiro atoms. The maximum absolute atomic E-state index is 13.2. The number of rotatable bonds is 2. The Morgan fingerprint density at radius 1 is 1.12 bits per heavy atom. The number of anilines is 3. The van der Waals surface area contributed by atoms with Crippen molar-refractivity contribution >= 4 is 23.2 Å². The standard InChI is InChI=1S/C22H19F3N6O/c23-22(24,25)15-4-1-3-14(9-15)18-6-7-19-20(29-18)31(17-5-2-8-30(19)12-17)21(32)28-16-10-26-13-27-11-16/h1,3-4,6-7,9-11,13,17H,2,5,8,12H2,(H,28,32)/t17-/m0/s1. The van der Waals surface area contributed by atoms with E-state index < -0.39 is 11.7 Å². The van der Waals surface area contributed by atoms with Crippen molar-refractivity contribution in [2.45, 2.75) is 25.1 Å². The molecule has 32 heavy (non-hydrogen) atoms. The van der Waals surface area contributed by atoms with Gasteiger partial charge in [0, 0.05) is 18.7 Å². The number of aromatic nitrogens is 3. The van der Waals surface area contributed by atoms with Gasteiger partial charge in [0.2, 0.25) is 0 Å². The highest BCUT2D eigenvalue weighted by Gasteiger charge is 2.38. The molecule has 2 aliphatic rings. The summed E-state index contributed by atoms with van der Waals surface area (Å²) in [5.41, 5.74) is 1.21. The van der Waals surface area contributed by atoms with E-state index in [0.717, 1.165) is 37.2 Å². The molecule has 0 saturated carbocycles. The zero-order valence-electron chi connectivity index (χ0n) is 16.9. The van der Waals surface area contributed by atoms with E-state index in [4.69, 9.17) is 0 Å². The van der Waals surface area contributed by atoms with Gasteiger partial charge in [-0.05, 0) is 37.1 Å². The first kappa shape index (κ1) is 20.2. The normalized spacial score (nSPS) is 17.7. The molecule has 1 atom stereocenters. The van der Waals surface area contributed by atoms with Gasteiger partial charge in [0.1, 0.15) is 6.33 Å². The van der Waals surface area contributed by atoms with Crippen molar-refractivity contribution in [2.24, 2.45) is 0 Å². The summed E-state index contributed by atoms with van der Waals surface area (Å²) < 4.78 is 39.6. The van der Waals surface area contributed by atoms with Gasteiger partial charge in [0.25, 0.3) is 0 Å². The number of alkyl halides is 3. The molecule has 164 valence electrons. The van der Waals surface area contributed by atoms with Crippen LogP contribution in [0.15, 0.2) is 55.1 Å². The minimum atomic E-state index is -4.45. The molecule has 10 heteroatoms. The van der Waals surface area contributed by atoms with E-state index in [0.29, 0.717) is 29.3 Å². The number of nitrogens with one attached hydrogen (secondary N) is 1. The van der Waals surface area contributed by atoms with Gasteiger partial charge in [0.05, 0.1) is 41.1 Å². The lowest BCUT2D eigenvalue weighted by molar-refractivity contribution is -0.137. The molecule has 2 aromatic heterocycles. The Hall–Kier alpha value is -3.69. The number of fused-ring (bicyclic) bond motifs is 4. The van der Waals surface area contributed by atoms with Gasteiger partial charge in [-0.1, -0.05) is 12.1 Å². The summed E-state index contributed by atoms with van der Waals surface area (Å²) >= 11 is 0. The SMILES string of the molecule is O=C(Nc1cncnc1)N1c2nc(-c3cccc(C(F)(F)F)c3)ccc2N2CCC[C@H]1C2. The number of carbonyl (C=O) groups excluding carboxylic acids is 1. The quantitative estimate of drug-likeness (QED) is 0.632. The molecule has 1 N–H and O–H groups in total. The smallest absolute Gasteiger partial charge is 0.366 e. The molecule has 1 fully saturated rings. The Labute approximate surface area is 181 Å². The lowest BCUT2D eigenvalue weighted by Crippen LogP contribution is -2.56. The molecule has 0 unspecified atom stereocenters. The van der Waals surface area contributed by atoms with E-state index in [1.54, 1.807) is 17.0 Å². The second kappa shape index (κ2) is 7.77. The van der Waals surface area contributed by atoms with Crippen molar-refractivity contribution in [1.82, 2.24) is 15.0 Å². The van der Waals surface area contributed by atoms with Crippen molar-refractivity contribution in [3.05, 3.63) is 60.7 Å². The molecular formula is C22H19F3N6O. The van der Waals surface area contributed by atoms with Crippen molar-refractivity contribution in [2.75, 3.05) is 28.2 Å². The molecule has 0 aliphatic carbocycles.